The fraction of sp³-hybridized carbons (Fsp3) is 0.500. The lowest BCUT2D eigenvalue weighted by Gasteiger charge is -2.07. The number of hydrogen-bond acceptors (Lipinski definition) is 4. The number of benzene rings is 1. The fourth-order valence-corrected chi connectivity index (χ4v) is 3.86. The number of rotatable bonds is 5. The highest BCUT2D eigenvalue weighted by Gasteiger charge is 2.17. The second kappa shape index (κ2) is 6.43. The van der Waals surface area contributed by atoms with E-state index in [9.17, 15) is 4.79 Å². The molecule has 1 heterocycles. The van der Waals surface area contributed by atoms with Crippen LogP contribution in [0.1, 0.15) is 38.5 Å². The Morgan fingerprint density at radius 3 is 3.00 bits per heavy atom. The number of nitrogens with zero attached hydrogens (tertiary/aromatic N) is 1. The maximum absolute atomic E-state index is 12.0. The van der Waals surface area contributed by atoms with E-state index in [4.69, 9.17) is 4.74 Å². The minimum atomic E-state index is 0.0694. The molecule has 1 saturated carbocycles. The van der Waals surface area contributed by atoms with E-state index < -0.39 is 0 Å². The second-order valence-corrected chi connectivity index (χ2v) is 6.59. The van der Waals surface area contributed by atoms with Gasteiger partial charge >= 0.3 is 0 Å². The summed E-state index contributed by atoms with van der Waals surface area (Å²) >= 11 is 1.49. The van der Waals surface area contributed by atoms with E-state index >= 15 is 0 Å². The van der Waals surface area contributed by atoms with Gasteiger partial charge in [0.15, 0.2) is 5.13 Å². The van der Waals surface area contributed by atoms with Gasteiger partial charge in [0.2, 0.25) is 5.91 Å². The molecule has 3 rings (SSSR count). The number of para-hydroxylation sites is 1. The lowest BCUT2D eigenvalue weighted by Crippen LogP contribution is -2.12. The summed E-state index contributed by atoms with van der Waals surface area (Å²) in [4.78, 5) is 16.5. The van der Waals surface area contributed by atoms with Gasteiger partial charge in [0.25, 0.3) is 0 Å². The Morgan fingerprint density at radius 1 is 1.43 bits per heavy atom. The summed E-state index contributed by atoms with van der Waals surface area (Å²) in [5, 5.41) is 3.58. The van der Waals surface area contributed by atoms with Crippen molar-refractivity contribution >= 4 is 32.6 Å². The lowest BCUT2D eigenvalue weighted by molar-refractivity contribution is -0.116. The van der Waals surface area contributed by atoms with Crippen LogP contribution in [-0.4, -0.2) is 18.0 Å². The molecule has 1 amide bonds. The van der Waals surface area contributed by atoms with Crippen molar-refractivity contribution < 1.29 is 9.53 Å². The zero-order valence-corrected chi connectivity index (χ0v) is 13.0. The Bertz CT molecular complexity index is 632. The van der Waals surface area contributed by atoms with Crippen LogP contribution in [0.4, 0.5) is 5.13 Å². The van der Waals surface area contributed by atoms with Crippen molar-refractivity contribution in [3.05, 3.63) is 18.2 Å². The first kappa shape index (κ1) is 14.3. The molecule has 21 heavy (non-hydrogen) atoms. The Balaban J connectivity index is 1.62. The van der Waals surface area contributed by atoms with E-state index in [0.29, 0.717) is 11.6 Å². The zero-order chi connectivity index (χ0) is 14.7. The highest BCUT2D eigenvalue weighted by molar-refractivity contribution is 7.22. The van der Waals surface area contributed by atoms with Crippen molar-refractivity contribution in [1.29, 1.82) is 0 Å². The number of carbonyl (C=O) groups is 1. The molecule has 1 aromatic heterocycles. The van der Waals surface area contributed by atoms with Crippen molar-refractivity contribution in [3.8, 4) is 5.75 Å². The molecule has 1 aromatic carbocycles. The van der Waals surface area contributed by atoms with Crippen LogP contribution in [0.5, 0.6) is 5.75 Å². The van der Waals surface area contributed by atoms with Gasteiger partial charge in [-0.25, -0.2) is 4.98 Å². The Hall–Kier alpha value is -1.62. The third-order valence-electron chi connectivity index (χ3n) is 4.10. The van der Waals surface area contributed by atoms with Crippen molar-refractivity contribution in [2.24, 2.45) is 5.92 Å². The molecular formula is C16H20N2O2S. The van der Waals surface area contributed by atoms with Crippen molar-refractivity contribution in [2.75, 3.05) is 12.4 Å². The molecule has 0 aliphatic heterocycles. The number of anilines is 1. The number of fused-ring (bicyclic) bond motifs is 1. The number of ether oxygens (including phenoxy) is 1. The van der Waals surface area contributed by atoms with Gasteiger partial charge in [-0.3, -0.25) is 4.79 Å². The molecule has 112 valence electrons. The highest BCUT2D eigenvalue weighted by Crippen LogP contribution is 2.32. The zero-order valence-electron chi connectivity index (χ0n) is 12.2. The highest BCUT2D eigenvalue weighted by atomic mass is 32.1. The van der Waals surface area contributed by atoms with Gasteiger partial charge < -0.3 is 10.1 Å². The molecular weight excluding hydrogens is 284 g/mol. The predicted molar refractivity (Wildman–Crippen MR) is 86.0 cm³/mol. The molecule has 1 aliphatic carbocycles. The van der Waals surface area contributed by atoms with Crippen LogP contribution in [-0.2, 0) is 4.79 Å². The molecule has 0 bridgehead atoms. The summed E-state index contributed by atoms with van der Waals surface area (Å²) < 4.78 is 6.32. The summed E-state index contributed by atoms with van der Waals surface area (Å²) in [6.45, 7) is 0. The number of aromatic nitrogens is 1. The topological polar surface area (TPSA) is 51.2 Å². The summed E-state index contributed by atoms with van der Waals surface area (Å²) in [5.74, 6) is 1.56. The van der Waals surface area contributed by atoms with Gasteiger partial charge in [0, 0.05) is 6.42 Å². The maximum atomic E-state index is 12.0. The van der Waals surface area contributed by atoms with E-state index in [-0.39, 0.29) is 5.91 Å². The first-order chi connectivity index (χ1) is 10.3. The van der Waals surface area contributed by atoms with Gasteiger partial charge in [-0.1, -0.05) is 43.1 Å². The fourth-order valence-electron chi connectivity index (χ4n) is 2.96. The normalized spacial score (nSPS) is 15.5. The monoisotopic (exact) mass is 304 g/mol. The molecule has 5 heteroatoms. The van der Waals surface area contributed by atoms with E-state index in [1.807, 2.05) is 18.2 Å². The molecule has 0 atom stereocenters. The Kier molecular flexibility index (Phi) is 4.39. The van der Waals surface area contributed by atoms with Crippen LogP contribution in [0.25, 0.3) is 10.2 Å². The Labute approximate surface area is 128 Å². The summed E-state index contributed by atoms with van der Waals surface area (Å²) in [6, 6.07) is 5.81. The molecule has 1 N–H and O–H groups in total. The quantitative estimate of drug-likeness (QED) is 0.900. The molecule has 0 radical (unpaired) electrons. The summed E-state index contributed by atoms with van der Waals surface area (Å²) in [7, 11) is 1.63. The maximum Gasteiger partial charge on any atom is 0.226 e. The number of thiazole rings is 1. The number of amides is 1. The molecule has 2 aromatic rings. The molecule has 4 nitrogen and oxygen atoms in total. The first-order valence-electron chi connectivity index (χ1n) is 7.49. The van der Waals surface area contributed by atoms with Gasteiger partial charge in [-0.05, 0) is 24.5 Å². The number of carbonyl (C=O) groups excluding carboxylic acids is 1. The van der Waals surface area contributed by atoms with E-state index in [2.05, 4.69) is 10.3 Å². The number of methoxy groups -OCH3 is 1. The summed E-state index contributed by atoms with van der Waals surface area (Å²) in [5.41, 5.74) is 0.816. The lowest BCUT2D eigenvalue weighted by atomic mass is 10.0. The minimum absolute atomic E-state index is 0.0694. The van der Waals surface area contributed by atoms with Crippen molar-refractivity contribution in [2.45, 2.75) is 38.5 Å². The molecule has 1 aliphatic rings. The summed E-state index contributed by atoms with van der Waals surface area (Å²) in [6.07, 6.45) is 6.81. The van der Waals surface area contributed by atoms with Crippen LogP contribution >= 0.6 is 11.3 Å². The third kappa shape index (κ3) is 3.35. The number of nitrogens with one attached hydrogen (secondary N) is 1. The van der Waals surface area contributed by atoms with Crippen LogP contribution < -0.4 is 10.1 Å². The van der Waals surface area contributed by atoms with E-state index in [0.717, 1.165) is 28.3 Å². The largest absolute Gasteiger partial charge is 0.494 e. The molecule has 1 fully saturated rings. The molecule has 0 unspecified atom stereocenters. The standard InChI is InChI=1S/C16H20N2O2S/c1-20-12-7-4-8-13-15(12)18-16(21-13)17-14(19)10-9-11-5-2-3-6-11/h4,7-8,11H,2-3,5-6,9-10H2,1H3,(H,17,18,19). The smallest absolute Gasteiger partial charge is 0.226 e. The van der Waals surface area contributed by atoms with Gasteiger partial charge in [-0.2, -0.15) is 0 Å². The second-order valence-electron chi connectivity index (χ2n) is 5.56. The number of hydrogen-bond donors (Lipinski definition) is 1. The van der Waals surface area contributed by atoms with Crippen LogP contribution in [0.3, 0.4) is 0 Å². The van der Waals surface area contributed by atoms with Gasteiger partial charge in [-0.15, -0.1) is 0 Å². The Morgan fingerprint density at radius 2 is 2.24 bits per heavy atom. The predicted octanol–water partition coefficient (Wildman–Crippen LogP) is 4.21. The van der Waals surface area contributed by atoms with Gasteiger partial charge in [0.1, 0.15) is 11.3 Å². The van der Waals surface area contributed by atoms with Crippen molar-refractivity contribution in [3.63, 3.8) is 0 Å². The van der Waals surface area contributed by atoms with Crippen LogP contribution in [0, 0.1) is 5.92 Å². The SMILES string of the molecule is COc1cccc2sc(NC(=O)CCC3CCCC3)nc12. The first-order valence-corrected chi connectivity index (χ1v) is 8.31. The van der Waals surface area contributed by atoms with Crippen LogP contribution in [0.15, 0.2) is 18.2 Å². The average Bonchev–Trinajstić information content (AvgIpc) is 3.13. The molecule has 0 spiro atoms. The average molecular weight is 304 g/mol. The van der Waals surface area contributed by atoms with E-state index in [1.54, 1.807) is 7.11 Å². The van der Waals surface area contributed by atoms with Crippen molar-refractivity contribution in [1.82, 2.24) is 4.98 Å². The minimum Gasteiger partial charge on any atom is -0.494 e. The molecule has 0 saturated heterocycles. The van der Waals surface area contributed by atoms with Crippen LogP contribution in [0.2, 0.25) is 0 Å². The van der Waals surface area contributed by atoms with Gasteiger partial charge in [0.05, 0.1) is 11.8 Å². The van der Waals surface area contributed by atoms with E-state index in [1.165, 1.54) is 37.0 Å². The third-order valence-corrected chi connectivity index (χ3v) is 5.04.